The number of alkyl halides is 6. The Morgan fingerprint density at radius 1 is 0.909 bits per heavy atom. The molecule has 124 valence electrons. The summed E-state index contributed by atoms with van der Waals surface area (Å²) in [6.45, 7) is 0. The van der Waals surface area contributed by atoms with Crippen LogP contribution in [0.1, 0.15) is 0 Å². The monoisotopic (exact) mass is 464 g/mol. The van der Waals surface area contributed by atoms with E-state index in [1.165, 1.54) is 22.6 Å². The largest absolute Gasteiger partial charge is 0.491 e. The third-order valence-corrected chi connectivity index (χ3v) is 2.64. The summed E-state index contributed by atoms with van der Waals surface area (Å²) in [7, 11) is 0. The van der Waals surface area contributed by atoms with E-state index >= 15 is 0 Å². The van der Waals surface area contributed by atoms with Gasteiger partial charge in [0.05, 0.1) is 3.57 Å². The van der Waals surface area contributed by atoms with Gasteiger partial charge in [-0.25, -0.2) is 9.59 Å². The Bertz CT molecular complexity index is 572. The van der Waals surface area contributed by atoms with Crippen molar-refractivity contribution in [2.24, 2.45) is 0 Å². The minimum atomic E-state index is -5.36. The first-order valence-electron chi connectivity index (χ1n) is 4.79. The summed E-state index contributed by atoms with van der Waals surface area (Å²) < 4.78 is 80.1. The van der Waals surface area contributed by atoms with Crippen LogP contribution in [0.15, 0.2) is 18.2 Å². The maximum atomic E-state index is 12.1. The molecule has 0 saturated heterocycles. The van der Waals surface area contributed by atoms with E-state index in [1.807, 2.05) is 0 Å². The molecule has 0 aromatic heterocycles. The van der Waals surface area contributed by atoms with Crippen LogP contribution in [-0.2, 0) is 9.59 Å². The molecule has 22 heavy (non-hydrogen) atoms. The second kappa shape index (κ2) is 7.35. The molecule has 0 N–H and O–H groups in total. The van der Waals surface area contributed by atoms with Crippen LogP contribution < -0.4 is 9.47 Å². The average molecular weight is 464 g/mol. The van der Waals surface area contributed by atoms with Gasteiger partial charge in [0.15, 0.2) is 11.5 Å². The van der Waals surface area contributed by atoms with Gasteiger partial charge in [-0.15, -0.1) is 12.4 Å². The van der Waals surface area contributed by atoms with Crippen molar-refractivity contribution in [3.8, 4) is 11.5 Å². The summed E-state index contributed by atoms with van der Waals surface area (Å²) in [6.07, 6.45) is -10.7. The minimum Gasteiger partial charge on any atom is -0.416 e. The summed E-state index contributed by atoms with van der Waals surface area (Å²) in [5, 5.41) is 0. The quantitative estimate of drug-likeness (QED) is 0.290. The van der Waals surface area contributed by atoms with Crippen molar-refractivity contribution in [3.05, 3.63) is 21.8 Å². The molecule has 0 atom stereocenters. The molecule has 0 amide bonds. The van der Waals surface area contributed by atoms with Crippen LogP contribution in [0.3, 0.4) is 0 Å². The molecule has 1 aromatic rings. The molecular formula is C10H4ClF6IO4. The number of para-hydroxylation sites is 1. The first kappa shape index (κ1) is 20.8. The molecule has 1 rings (SSSR count). The second-order valence-corrected chi connectivity index (χ2v) is 4.50. The Balaban J connectivity index is 0.00000441. The first-order chi connectivity index (χ1) is 9.43. The van der Waals surface area contributed by atoms with Gasteiger partial charge in [-0.1, -0.05) is 6.07 Å². The van der Waals surface area contributed by atoms with Gasteiger partial charge in [0, 0.05) is 0 Å². The van der Waals surface area contributed by atoms with E-state index in [9.17, 15) is 35.9 Å². The molecule has 0 unspecified atom stereocenters. The lowest BCUT2D eigenvalue weighted by Crippen LogP contribution is -2.30. The van der Waals surface area contributed by atoms with Crippen molar-refractivity contribution in [2.75, 3.05) is 0 Å². The van der Waals surface area contributed by atoms with E-state index in [0.29, 0.717) is 0 Å². The normalized spacial score (nSPS) is 11.4. The number of halogens is 8. The number of benzene rings is 1. The van der Waals surface area contributed by atoms with Crippen LogP contribution in [0.25, 0.3) is 0 Å². The zero-order valence-corrected chi connectivity index (χ0v) is 12.9. The van der Waals surface area contributed by atoms with Crippen LogP contribution in [0.5, 0.6) is 11.5 Å². The Hall–Kier alpha value is -1.24. The van der Waals surface area contributed by atoms with Crippen LogP contribution in [0.2, 0.25) is 0 Å². The van der Waals surface area contributed by atoms with Crippen LogP contribution in [0, 0.1) is 3.57 Å². The topological polar surface area (TPSA) is 52.6 Å². The van der Waals surface area contributed by atoms with Gasteiger partial charge in [-0.2, -0.15) is 26.3 Å². The molecule has 0 aliphatic heterocycles. The maximum absolute atomic E-state index is 12.1. The Morgan fingerprint density at radius 2 is 1.36 bits per heavy atom. The molecule has 1 aromatic carbocycles. The van der Waals surface area contributed by atoms with Gasteiger partial charge < -0.3 is 9.47 Å². The Labute approximate surface area is 138 Å². The molecule has 0 fully saturated rings. The van der Waals surface area contributed by atoms with Crippen molar-refractivity contribution < 1.29 is 45.4 Å². The van der Waals surface area contributed by atoms with Crippen LogP contribution in [-0.4, -0.2) is 24.3 Å². The lowest BCUT2D eigenvalue weighted by Gasteiger charge is -2.13. The number of hydrogen-bond donors (Lipinski definition) is 0. The van der Waals surface area contributed by atoms with E-state index in [-0.39, 0.29) is 16.0 Å². The highest BCUT2D eigenvalue weighted by Crippen LogP contribution is 2.35. The molecule has 0 aliphatic carbocycles. The number of hydrogen-bond acceptors (Lipinski definition) is 4. The van der Waals surface area contributed by atoms with Crippen molar-refractivity contribution in [2.45, 2.75) is 12.4 Å². The lowest BCUT2D eigenvalue weighted by molar-refractivity contribution is -0.191. The van der Waals surface area contributed by atoms with E-state index in [4.69, 9.17) is 0 Å². The third-order valence-electron chi connectivity index (χ3n) is 1.79. The van der Waals surface area contributed by atoms with Crippen molar-refractivity contribution in [1.29, 1.82) is 0 Å². The average Bonchev–Trinajstić information content (AvgIpc) is 2.30. The van der Waals surface area contributed by atoms with E-state index in [2.05, 4.69) is 9.47 Å². The molecule has 0 heterocycles. The van der Waals surface area contributed by atoms with Crippen LogP contribution in [0.4, 0.5) is 26.3 Å². The molecule has 0 spiro atoms. The summed E-state index contributed by atoms with van der Waals surface area (Å²) in [6, 6.07) is 3.00. The van der Waals surface area contributed by atoms with E-state index in [0.717, 1.165) is 18.2 Å². The SMILES string of the molecule is Cl.O=C(Oc1cccc(I)c1OC(=O)C(F)(F)F)C(F)(F)F. The molecule has 0 aliphatic rings. The summed E-state index contributed by atoms with van der Waals surface area (Å²) >= 11 is 1.40. The molecular weight excluding hydrogens is 460 g/mol. The van der Waals surface area contributed by atoms with Crippen molar-refractivity contribution in [1.82, 2.24) is 0 Å². The fourth-order valence-electron chi connectivity index (χ4n) is 0.977. The molecule has 0 radical (unpaired) electrons. The van der Waals surface area contributed by atoms with Gasteiger partial charge in [0.25, 0.3) is 0 Å². The first-order valence-corrected chi connectivity index (χ1v) is 5.87. The van der Waals surface area contributed by atoms with Gasteiger partial charge in [-0.3, -0.25) is 0 Å². The summed E-state index contributed by atoms with van der Waals surface area (Å²) in [5.41, 5.74) is 0. The third kappa shape index (κ3) is 5.51. The molecule has 12 heteroatoms. The van der Waals surface area contributed by atoms with Gasteiger partial charge in [0.2, 0.25) is 0 Å². The number of rotatable bonds is 2. The summed E-state index contributed by atoms with van der Waals surface area (Å²) in [5.74, 6) is -7.20. The smallest absolute Gasteiger partial charge is 0.416 e. The Kier molecular flexibility index (Phi) is 6.94. The number of carbonyl (C=O) groups is 2. The minimum absolute atomic E-state index is 0. The Morgan fingerprint density at radius 3 is 1.82 bits per heavy atom. The second-order valence-electron chi connectivity index (χ2n) is 3.34. The van der Waals surface area contributed by atoms with Crippen molar-refractivity contribution >= 4 is 46.9 Å². The zero-order valence-electron chi connectivity index (χ0n) is 9.92. The van der Waals surface area contributed by atoms with Crippen LogP contribution >= 0.6 is 35.0 Å². The molecule has 0 bridgehead atoms. The predicted octanol–water partition coefficient (Wildman–Crippen LogP) is 3.65. The highest BCUT2D eigenvalue weighted by Gasteiger charge is 2.44. The van der Waals surface area contributed by atoms with Gasteiger partial charge >= 0.3 is 24.3 Å². The zero-order chi connectivity index (χ0) is 16.4. The predicted molar refractivity (Wildman–Crippen MR) is 69.8 cm³/mol. The number of esters is 2. The molecule has 0 saturated carbocycles. The fourth-order valence-corrected chi connectivity index (χ4v) is 1.56. The van der Waals surface area contributed by atoms with Gasteiger partial charge in [-0.05, 0) is 34.7 Å². The molecule has 4 nitrogen and oxygen atoms in total. The van der Waals surface area contributed by atoms with E-state index < -0.39 is 35.8 Å². The fraction of sp³-hybridized carbons (Fsp3) is 0.200. The maximum Gasteiger partial charge on any atom is 0.491 e. The lowest BCUT2D eigenvalue weighted by atomic mass is 10.3. The van der Waals surface area contributed by atoms with E-state index in [1.54, 1.807) is 0 Å². The van der Waals surface area contributed by atoms with Crippen molar-refractivity contribution in [3.63, 3.8) is 0 Å². The number of ether oxygens (including phenoxy) is 2. The number of carbonyl (C=O) groups excluding carboxylic acids is 2. The highest BCUT2D eigenvalue weighted by atomic mass is 127. The van der Waals surface area contributed by atoms with Gasteiger partial charge in [0.1, 0.15) is 0 Å². The standard InChI is InChI=1S/C10H3F6IO4.ClH/c11-9(12,13)7(18)20-5-3-1-2-4(17)6(5)21-8(19)10(14,15)16;/h1-3H;1H. The summed E-state index contributed by atoms with van der Waals surface area (Å²) in [4.78, 5) is 21.4. The highest BCUT2D eigenvalue weighted by molar-refractivity contribution is 14.1.